The summed E-state index contributed by atoms with van der Waals surface area (Å²) < 4.78 is 15.2. The molecule has 3 N–H and O–H groups in total. The lowest BCUT2D eigenvalue weighted by molar-refractivity contribution is -0.116. The zero-order valence-corrected chi connectivity index (χ0v) is 28.3. The topological polar surface area (TPSA) is 87.3 Å². The molecule has 0 saturated heterocycles. The third-order valence-electron chi connectivity index (χ3n) is 7.53. The van der Waals surface area contributed by atoms with Crippen LogP contribution in [-0.4, -0.2) is 17.7 Å². The van der Waals surface area contributed by atoms with E-state index in [0.29, 0.717) is 20.6 Å². The molecule has 6 rings (SSSR count). The Balaban J connectivity index is 1.27. The zero-order chi connectivity index (χ0) is 34.2. The molecule has 0 radical (unpaired) electrons. The Hall–Kier alpha value is -5.51. The Labute approximate surface area is 295 Å². The first-order chi connectivity index (χ1) is 23.8. The fourth-order valence-corrected chi connectivity index (χ4v) is 6.56. The van der Waals surface area contributed by atoms with E-state index < -0.39 is 28.8 Å². The van der Waals surface area contributed by atoms with Crippen molar-refractivity contribution in [1.82, 2.24) is 5.32 Å². The van der Waals surface area contributed by atoms with Crippen molar-refractivity contribution >= 4 is 73.6 Å². The van der Waals surface area contributed by atoms with E-state index in [1.807, 2.05) is 84.9 Å². The van der Waals surface area contributed by atoms with Crippen LogP contribution >= 0.6 is 27.7 Å². The van der Waals surface area contributed by atoms with Gasteiger partial charge >= 0.3 is 0 Å². The first-order valence-electron chi connectivity index (χ1n) is 15.3. The summed E-state index contributed by atoms with van der Waals surface area (Å²) in [5.41, 5.74) is 2.48. The fraction of sp³-hybridized carbons (Fsp3) is 0.0250. The van der Waals surface area contributed by atoms with Crippen LogP contribution in [0, 0.1) is 5.82 Å². The molecule has 0 heterocycles. The van der Waals surface area contributed by atoms with E-state index in [-0.39, 0.29) is 11.4 Å². The third-order valence-corrected chi connectivity index (χ3v) is 9.27. The van der Waals surface area contributed by atoms with Crippen LogP contribution < -0.4 is 16.0 Å². The van der Waals surface area contributed by atoms with Crippen LogP contribution in [0.1, 0.15) is 26.7 Å². The molecule has 0 spiro atoms. The van der Waals surface area contributed by atoms with Crippen molar-refractivity contribution in [3.63, 3.8) is 0 Å². The second-order valence-electron chi connectivity index (χ2n) is 11.0. The van der Waals surface area contributed by atoms with E-state index in [4.69, 9.17) is 0 Å². The summed E-state index contributed by atoms with van der Waals surface area (Å²) >= 11 is 4.50. The highest BCUT2D eigenvalue weighted by molar-refractivity contribution is 9.10. The quantitative estimate of drug-likeness (QED) is 0.0968. The number of hydrogen-bond acceptors (Lipinski definition) is 4. The molecule has 0 bridgehead atoms. The largest absolute Gasteiger partial charge is 0.322 e. The summed E-state index contributed by atoms with van der Waals surface area (Å²) in [5, 5.41) is 9.61. The number of fused-ring (bicyclic) bond motifs is 1. The van der Waals surface area contributed by atoms with Crippen LogP contribution in [0.5, 0.6) is 0 Å². The van der Waals surface area contributed by atoms with Crippen molar-refractivity contribution in [2.45, 2.75) is 10.1 Å². The molecule has 0 aromatic heterocycles. The lowest BCUT2D eigenvalue weighted by Crippen LogP contribution is -2.30. The van der Waals surface area contributed by atoms with E-state index in [1.54, 1.807) is 54.6 Å². The van der Waals surface area contributed by atoms with Gasteiger partial charge in [0, 0.05) is 20.6 Å². The predicted molar refractivity (Wildman–Crippen MR) is 199 cm³/mol. The van der Waals surface area contributed by atoms with Crippen molar-refractivity contribution in [2.75, 3.05) is 10.6 Å². The predicted octanol–water partition coefficient (Wildman–Crippen LogP) is 9.62. The van der Waals surface area contributed by atoms with Gasteiger partial charge in [-0.3, -0.25) is 14.4 Å². The van der Waals surface area contributed by atoms with Crippen molar-refractivity contribution in [3.05, 3.63) is 178 Å². The molecular weight excluding hydrogens is 701 g/mol. The van der Waals surface area contributed by atoms with Gasteiger partial charge in [0.1, 0.15) is 16.8 Å². The molecule has 6 nitrogen and oxygen atoms in total. The number of rotatable bonds is 10. The Morgan fingerprint density at radius 3 is 2.18 bits per heavy atom. The molecule has 0 aliphatic heterocycles. The number of thioether (sulfide) groups is 1. The maximum Gasteiger partial charge on any atom is 0.272 e. The minimum absolute atomic E-state index is 0.0568. The Morgan fingerprint density at radius 2 is 1.41 bits per heavy atom. The summed E-state index contributed by atoms with van der Waals surface area (Å²) in [6, 6.07) is 42.9. The molecule has 49 heavy (non-hydrogen) atoms. The van der Waals surface area contributed by atoms with Gasteiger partial charge in [-0.05, 0) is 76.5 Å². The first-order valence-corrected chi connectivity index (χ1v) is 17.0. The number of hydrogen-bond donors (Lipinski definition) is 3. The monoisotopic (exact) mass is 729 g/mol. The molecule has 3 amide bonds. The van der Waals surface area contributed by atoms with Crippen molar-refractivity contribution < 1.29 is 18.8 Å². The molecule has 6 aromatic rings. The Bertz CT molecular complexity index is 2170. The van der Waals surface area contributed by atoms with Crippen LogP contribution in [0.15, 0.2) is 161 Å². The summed E-state index contributed by atoms with van der Waals surface area (Å²) in [4.78, 5) is 41.3. The Kier molecular flexibility index (Phi) is 10.6. The number of carbonyl (C=O) groups is 3. The van der Waals surface area contributed by atoms with E-state index in [1.165, 1.54) is 23.9 Å². The van der Waals surface area contributed by atoms with Gasteiger partial charge in [0.25, 0.3) is 11.8 Å². The van der Waals surface area contributed by atoms with Gasteiger partial charge in [-0.2, -0.15) is 0 Å². The van der Waals surface area contributed by atoms with E-state index in [9.17, 15) is 18.8 Å². The number of anilines is 2. The highest BCUT2D eigenvalue weighted by Gasteiger charge is 2.24. The lowest BCUT2D eigenvalue weighted by atomic mass is 10.0. The number of nitrogens with one attached hydrogen (secondary N) is 3. The smallest absolute Gasteiger partial charge is 0.272 e. The number of amides is 3. The SMILES string of the molecule is O=C(Nc1cccc(SC(C(=O)Nc2ccc(Br)cc2F)c2ccccc2)c1)/C(=C\c1cccc2ccccc12)NC(=O)c1ccccc1. The van der Waals surface area contributed by atoms with E-state index >= 15 is 0 Å². The average molecular weight is 731 g/mol. The molecular formula is C40H29BrFN3O3S. The summed E-state index contributed by atoms with van der Waals surface area (Å²) in [6.07, 6.45) is 1.66. The van der Waals surface area contributed by atoms with Crippen molar-refractivity contribution in [2.24, 2.45) is 0 Å². The van der Waals surface area contributed by atoms with Gasteiger partial charge < -0.3 is 16.0 Å². The van der Waals surface area contributed by atoms with Crippen LogP contribution in [0.4, 0.5) is 15.8 Å². The maximum absolute atomic E-state index is 14.6. The number of halogens is 2. The average Bonchev–Trinajstić information content (AvgIpc) is 3.12. The molecule has 0 aliphatic rings. The van der Waals surface area contributed by atoms with Crippen LogP contribution in [0.25, 0.3) is 16.8 Å². The number of benzene rings is 6. The zero-order valence-electron chi connectivity index (χ0n) is 25.9. The molecule has 0 fully saturated rings. The van der Waals surface area contributed by atoms with Crippen LogP contribution in [-0.2, 0) is 9.59 Å². The fourth-order valence-electron chi connectivity index (χ4n) is 5.15. The molecule has 9 heteroatoms. The molecule has 242 valence electrons. The maximum atomic E-state index is 14.6. The lowest BCUT2D eigenvalue weighted by Gasteiger charge is -2.18. The van der Waals surface area contributed by atoms with Gasteiger partial charge in [0.15, 0.2) is 0 Å². The molecule has 0 aliphatic carbocycles. The second kappa shape index (κ2) is 15.6. The molecule has 1 unspecified atom stereocenters. The molecule has 6 aromatic carbocycles. The van der Waals surface area contributed by atoms with Crippen LogP contribution in [0.2, 0.25) is 0 Å². The summed E-state index contributed by atoms with van der Waals surface area (Å²) in [6.45, 7) is 0. The standard InChI is InChI=1S/C40H29BrFN3O3S/c41-30-21-22-35(34(42)24-30)44-40(48)37(27-12-3-1-4-13-27)49-32-19-10-18-31(25-32)43-39(47)36(45-38(46)28-14-5-2-6-15-28)23-29-17-9-16-26-11-7-8-20-33(26)29/h1-25,37H,(H,43,47)(H,44,48)(H,45,46)/b36-23+. The van der Waals surface area contributed by atoms with E-state index in [2.05, 4.69) is 31.9 Å². The summed E-state index contributed by atoms with van der Waals surface area (Å²) in [7, 11) is 0. The minimum atomic E-state index is -0.734. The highest BCUT2D eigenvalue weighted by atomic mass is 79.9. The molecule has 1 atom stereocenters. The molecule has 0 saturated carbocycles. The first kappa shape index (κ1) is 33.4. The minimum Gasteiger partial charge on any atom is -0.322 e. The third kappa shape index (κ3) is 8.51. The van der Waals surface area contributed by atoms with Crippen molar-refractivity contribution in [1.29, 1.82) is 0 Å². The van der Waals surface area contributed by atoms with Gasteiger partial charge in [0.05, 0.1) is 5.69 Å². The number of carbonyl (C=O) groups excluding carboxylic acids is 3. The van der Waals surface area contributed by atoms with Gasteiger partial charge in [-0.25, -0.2) is 4.39 Å². The van der Waals surface area contributed by atoms with Crippen LogP contribution in [0.3, 0.4) is 0 Å². The normalized spacial score (nSPS) is 11.8. The second-order valence-corrected chi connectivity index (χ2v) is 13.0. The highest BCUT2D eigenvalue weighted by Crippen LogP contribution is 2.37. The summed E-state index contributed by atoms with van der Waals surface area (Å²) in [5.74, 6) is -1.92. The van der Waals surface area contributed by atoms with E-state index in [0.717, 1.165) is 21.9 Å². The van der Waals surface area contributed by atoms with Crippen molar-refractivity contribution in [3.8, 4) is 0 Å². The van der Waals surface area contributed by atoms with Gasteiger partial charge in [0.2, 0.25) is 5.91 Å². The van der Waals surface area contributed by atoms with Gasteiger partial charge in [-0.15, -0.1) is 11.8 Å². The van der Waals surface area contributed by atoms with Gasteiger partial charge in [-0.1, -0.05) is 113 Å². The Morgan fingerprint density at radius 1 is 0.714 bits per heavy atom.